The van der Waals surface area contributed by atoms with E-state index in [2.05, 4.69) is 35.5 Å². The Balaban J connectivity index is 2.15. The van der Waals surface area contributed by atoms with E-state index in [1.54, 1.807) is 0 Å². The van der Waals surface area contributed by atoms with Crippen LogP contribution in [0.1, 0.15) is 6.92 Å². The molecule has 0 bridgehead atoms. The van der Waals surface area contributed by atoms with Crippen LogP contribution in [0.25, 0.3) is 0 Å². The van der Waals surface area contributed by atoms with E-state index >= 15 is 0 Å². The molecule has 2 rings (SSSR count). The largest absolute Gasteiger partial charge is 0.386 e. The van der Waals surface area contributed by atoms with Crippen LogP contribution < -0.4 is 11.1 Å². The van der Waals surface area contributed by atoms with E-state index in [0.717, 1.165) is 12.4 Å². The molecule has 2 aliphatic heterocycles. The summed E-state index contributed by atoms with van der Waals surface area (Å²) in [5.41, 5.74) is 5.63. The molecule has 3 heteroatoms. The molecule has 0 radical (unpaired) electrons. The summed E-state index contributed by atoms with van der Waals surface area (Å²) in [4.78, 5) is 2.28. The molecule has 0 spiro atoms. The van der Waals surface area contributed by atoms with E-state index in [1.165, 1.54) is 0 Å². The number of nitrogens with one attached hydrogen (secondary N) is 1. The highest BCUT2D eigenvalue weighted by molar-refractivity contribution is 5.25. The molecular formula is C8H13N3. The van der Waals surface area contributed by atoms with E-state index in [4.69, 9.17) is 5.73 Å². The molecule has 0 amide bonds. The average molecular weight is 151 g/mol. The number of rotatable bonds is 1. The van der Waals surface area contributed by atoms with Crippen LogP contribution in [0.3, 0.4) is 0 Å². The lowest BCUT2D eigenvalue weighted by molar-refractivity contribution is 0.345. The Morgan fingerprint density at radius 1 is 1.73 bits per heavy atom. The Hall–Kier alpha value is -1.12. The first-order valence-corrected chi connectivity index (χ1v) is 3.99. The van der Waals surface area contributed by atoms with Crippen LogP contribution in [0.2, 0.25) is 0 Å². The van der Waals surface area contributed by atoms with Crippen molar-refractivity contribution < 1.29 is 0 Å². The van der Waals surface area contributed by atoms with Crippen molar-refractivity contribution in [1.82, 2.24) is 10.2 Å². The van der Waals surface area contributed by atoms with Crippen LogP contribution in [0.4, 0.5) is 0 Å². The van der Waals surface area contributed by atoms with E-state index < -0.39 is 0 Å². The van der Waals surface area contributed by atoms with Gasteiger partial charge in [-0.05, 0) is 25.3 Å². The summed E-state index contributed by atoms with van der Waals surface area (Å²) in [5, 5.41) is 3.19. The van der Waals surface area contributed by atoms with E-state index in [1.807, 2.05) is 0 Å². The molecule has 0 aromatic rings. The maximum Gasteiger partial charge on any atom is 0.0946 e. The van der Waals surface area contributed by atoms with Gasteiger partial charge in [0.05, 0.1) is 17.9 Å². The average Bonchev–Trinajstić information content (AvgIpc) is 2.45. The van der Waals surface area contributed by atoms with Gasteiger partial charge in [-0.1, -0.05) is 0 Å². The third kappa shape index (κ3) is 0.878. The lowest BCUT2D eigenvalue weighted by Gasteiger charge is -2.21. The van der Waals surface area contributed by atoms with Crippen molar-refractivity contribution in [2.45, 2.75) is 19.0 Å². The van der Waals surface area contributed by atoms with Gasteiger partial charge in [0.25, 0.3) is 0 Å². The molecule has 3 nitrogen and oxygen atoms in total. The van der Waals surface area contributed by atoms with Crippen molar-refractivity contribution in [2.24, 2.45) is 5.73 Å². The summed E-state index contributed by atoms with van der Waals surface area (Å²) in [6, 6.07) is 0.870. The van der Waals surface area contributed by atoms with Gasteiger partial charge in [0, 0.05) is 6.54 Å². The molecule has 2 atom stereocenters. The van der Waals surface area contributed by atoms with Gasteiger partial charge in [-0.3, -0.25) is 0 Å². The molecule has 2 heterocycles. The van der Waals surface area contributed by atoms with Crippen LogP contribution in [0, 0.1) is 0 Å². The molecule has 0 saturated carbocycles. The van der Waals surface area contributed by atoms with Crippen molar-refractivity contribution in [3.8, 4) is 0 Å². The van der Waals surface area contributed by atoms with Gasteiger partial charge < -0.3 is 16.0 Å². The third-order valence-electron chi connectivity index (χ3n) is 2.28. The number of likely N-dealkylation sites (N-methyl/N-ethyl adjacent to an activating group) is 1. The molecule has 0 fully saturated rings. The smallest absolute Gasteiger partial charge is 0.0946 e. The fraction of sp³-hybridized carbons (Fsp3) is 0.500. The predicted molar refractivity (Wildman–Crippen MR) is 44.5 cm³/mol. The van der Waals surface area contributed by atoms with Gasteiger partial charge in [-0.15, -0.1) is 0 Å². The molecule has 3 N–H and O–H groups in total. The van der Waals surface area contributed by atoms with E-state index in [-0.39, 0.29) is 0 Å². The number of fused-ring (bicyclic) bond motifs is 1. The second kappa shape index (κ2) is 2.19. The van der Waals surface area contributed by atoms with Crippen LogP contribution in [0.5, 0.6) is 0 Å². The highest BCUT2D eigenvalue weighted by Gasteiger charge is 2.30. The Labute approximate surface area is 66.6 Å². The Kier molecular flexibility index (Phi) is 1.31. The van der Waals surface area contributed by atoms with Crippen molar-refractivity contribution in [2.75, 3.05) is 6.54 Å². The number of nitrogens with zero attached hydrogens (tertiary/aromatic N) is 1. The lowest BCUT2D eigenvalue weighted by atomic mass is 10.2. The summed E-state index contributed by atoms with van der Waals surface area (Å²) in [6.07, 6.45) is 6.37. The quantitative estimate of drug-likeness (QED) is 0.553. The normalized spacial score (nSPS) is 33.5. The van der Waals surface area contributed by atoms with Gasteiger partial charge >= 0.3 is 0 Å². The van der Waals surface area contributed by atoms with Gasteiger partial charge in [0.1, 0.15) is 0 Å². The maximum absolute atomic E-state index is 5.63. The summed E-state index contributed by atoms with van der Waals surface area (Å²) in [7, 11) is 0. The molecule has 11 heavy (non-hydrogen) atoms. The molecule has 0 aromatic heterocycles. The van der Waals surface area contributed by atoms with Crippen molar-refractivity contribution >= 4 is 0 Å². The van der Waals surface area contributed by atoms with E-state index in [9.17, 15) is 0 Å². The van der Waals surface area contributed by atoms with Gasteiger partial charge in [-0.2, -0.15) is 0 Å². The third-order valence-corrected chi connectivity index (χ3v) is 2.28. The topological polar surface area (TPSA) is 41.3 Å². The van der Waals surface area contributed by atoms with Gasteiger partial charge in [0.15, 0.2) is 0 Å². The first-order chi connectivity index (χ1) is 5.31. The highest BCUT2D eigenvalue weighted by atomic mass is 15.2. The van der Waals surface area contributed by atoms with Gasteiger partial charge in [-0.25, -0.2) is 0 Å². The fourth-order valence-corrected chi connectivity index (χ4v) is 1.70. The lowest BCUT2D eigenvalue weighted by Crippen LogP contribution is -2.35. The molecule has 2 aliphatic rings. The number of hydrogen-bond acceptors (Lipinski definition) is 3. The minimum atomic E-state index is 0.412. The van der Waals surface area contributed by atoms with Crippen molar-refractivity contribution in [3.63, 3.8) is 0 Å². The number of hydrogen-bond donors (Lipinski definition) is 2. The maximum atomic E-state index is 5.63. The zero-order chi connectivity index (χ0) is 7.84. The number of nitrogens with two attached hydrogens (primary N) is 1. The predicted octanol–water partition coefficient (Wildman–Crippen LogP) is -0.0239. The second-order valence-electron chi connectivity index (χ2n) is 2.95. The SMILES string of the molecule is CCN1C=CC2NC(N)=CC21. The zero-order valence-corrected chi connectivity index (χ0v) is 6.62. The summed E-state index contributed by atoms with van der Waals surface area (Å²) in [6.45, 7) is 3.19. The van der Waals surface area contributed by atoms with Gasteiger partial charge in [0.2, 0.25) is 0 Å². The van der Waals surface area contributed by atoms with Crippen LogP contribution in [-0.4, -0.2) is 23.5 Å². The summed E-state index contributed by atoms with van der Waals surface area (Å²) >= 11 is 0. The first kappa shape index (κ1) is 6.58. The van der Waals surface area contributed by atoms with Crippen LogP contribution in [0.15, 0.2) is 24.2 Å². The standard InChI is InChI=1S/C8H13N3/c1-2-11-4-3-6-7(11)5-8(9)10-6/h3-7,10H,2,9H2,1H3. The van der Waals surface area contributed by atoms with Crippen LogP contribution >= 0.6 is 0 Å². The van der Waals surface area contributed by atoms with E-state index in [0.29, 0.717) is 12.1 Å². The minimum absolute atomic E-state index is 0.412. The molecule has 0 aliphatic carbocycles. The summed E-state index contributed by atoms with van der Waals surface area (Å²) in [5.74, 6) is 0.808. The molecular weight excluding hydrogens is 138 g/mol. The monoisotopic (exact) mass is 151 g/mol. The van der Waals surface area contributed by atoms with Crippen molar-refractivity contribution in [3.05, 3.63) is 24.2 Å². The molecule has 0 aromatic carbocycles. The minimum Gasteiger partial charge on any atom is -0.386 e. The Morgan fingerprint density at radius 2 is 2.55 bits per heavy atom. The molecule has 2 unspecified atom stereocenters. The Morgan fingerprint density at radius 3 is 3.27 bits per heavy atom. The highest BCUT2D eigenvalue weighted by Crippen LogP contribution is 2.20. The van der Waals surface area contributed by atoms with Crippen LogP contribution in [-0.2, 0) is 0 Å². The summed E-state index contributed by atoms with van der Waals surface area (Å²) < 4.78 is 0. The Bertz CT molecular complexity index is 219. The zero-order valence-electron chi connectivity index (χ0n) is 6.62. The van der Waals surface area contributed by atoms with Crippen molar-refractivity contribution in [1.29, 1.82) is 0 Å². The fourth-order valence-electron chi connectivity index (χ4n) is 1.70. The molecule has 60 valence electrons. The molecule has 0 saturated heterocycles. The second-order valence-corrected chi connectivity index (χ2v) is 2.95. The first-order valence-electron chi connectivity index (χ1n) is 3.99.